The fourth-order valence-electron chi connectivity index (χ4n) is 3.37. The van der Waals surface area contributed by atoms with Crippen molar-refractivity contribution in [3.63, 3.8) is 0 Å². The minimum absolute atomic E-state index is 0.196. The van der Waals surface area contributed by atoms with Crippen molar-refractivity contribution >= 4 is 34.6 Å². The highest BCUT2D eigenvalue weighted by atomic mass is 16.8. The number of hydroxylamine groups is 1. The predicted octanol–water partition coefficient (Wildman–Crippen LogP) is 5.15. The molecular formula is C28H37NO8. The van der Waals surface area contributed by atoms with Crippen molar-refractivity contribution in [2.45, 2.75) is 85.2 Å². The van der Waals surface area contributed by atoms with Gasteiger partial charge in [-0.3, -0.25) is 14.4 Å². The first-order chi connectivity index (χ1) is 16.9. The van der Waals surface area contributed by atoms with Gasteiger partial charge in [0.25, 0.3) is 0 Å². The van der Waals surface area contributed by atoms with Gasteiger partial charge in [0.05, 0.1) is 0 Å². The van der Waals surface area contributed by atoms with E-state index in [0.29, 0.717) is 5.39 Å². The molecule has 0 heterocycles. The summed E-state index contributed by atoms with van der Waals surface area (Å²) >= 11 is 0. The number of benzene rings is 2. The van der Waals surface area contributed by atoms with E-state index in [1.165, 1.54) is 0 Å². The van der Waals surface area contributed by atoms with Gasteiger partial charge in [-0.2, -0.15) is 0 Å². The maximum Gasteiger partial charge on any atom is 0.528 e. The van der Waals surface area contributed by atoms with E-state index in [0.717, 1.165) is 5.39 Å². The van der Waals surface area contributed by atoms with Crippen molar-refractivity contribution in [1.29, 1.82) is 0 Å². The largest absolute Gasteiger partial charge is 0.528 e. The molecule has 0 unspecified atom stereocenters. The monoisotopic (exact) mass is 515 g/mol. The van der Waals surface area contributed by atoms with Gasteiger partial charge in [0.1, 0.15) is 22.7 Å². The maximum atomic E-state index is 14.0. The first kappa shape index (κ1) is 29.8. The van der Waals surface area contributed by atoms with Gasteiger partial charge < -0.3 is 19.0 Å². The van der Waals surface area contributed by atoms with Gasteiger partial charge in [-0.1, -0.05) is 42.5 Å². The molecule has 0 bridgehead atoms. The minimum atomic E-state index is -1.75. The molecule has 0 aliphatic rings. The normalized spacial score (nSPS) is 13.9. The number of nitrogens with one attached hydrogen (secondary N) is 1. The van der Waals surface area contributed by atoms with E-state index in [1.807, 2.05) is 18.2 Å². The molecule has 202 valence electrons. The van der Waals surface area contributed by atoms with Crippen molar-refractivity contribution in [1.82, 2.24) is 5.48 Å². The number of carbonyl (C=O) groups is 4. The summed E-state index contributed by atoms with van der Waals surface area (Å²) in [5.41, 5.74) is -0.372. The predicted molar refractivity (Wildman–Crippen MR) is 138 cm³/mol. The van der Waals surface area contributed by atoms with Crippen LogP contribution in [0.1, 0.15) is 72.7 Å². The van der Waals surface area contributed by atoms with Gasteiger partial charge in [-0.05, 0) is 73.1 Å². The summed E-state index contributed by atoms with van der Waals surface area (Å²) in [6.45, 7) is 14.7. The summed E-state index contributed by atoms with van der Waals surface area (Å²) in [5, 5.41) is 1.35. The van der Waals surface area contributed by atoms with E-state index in [9.17, 15) is 19.2 Å². The van der Waals surface area contributed by atoms with Crippen LogP contribution in [0.2, 0.25) is 0 Å². The average molecular weight is 516 g/mol. The van der Waals surface area contributed by atoms with Crippen LogP contribution in [0.4, 0.5) is 4.79 Å². The van der Waals surface area contributed by atoms with E-state index in [1.54, 1.807) is 86.6 Å². The Hall–Kier alpha value is -3.46. The summed E-state index contributed by atoms with van der Waals surface area (Å²) in [6.07, 6.45) is -1.15. The second-order valence-electron chi connectivity index (χ2n) is 11.6. The fourth-order valence-corrected chi connectivity index (χ4v) is 3.37. The molecule has 9 nitrogen and oxygen atoms in total. The third-order valence-electron chi connectivity index (χ3n) is 4.65. The van der Waals surface area contributed by atoms with E-state index < -0.39 is 52.6 Å². The lowest BCUT2D eigenvalue weighted by molar-refractivity contribution is -0.172. The summed E-state index contributed by atoms with van der Waals surface area (Å²) in [7, 11) is 0. The van der Waals surface area contributed by atoms with Gasteiger partial charge in [0.2, 0.25) is 0 Å². The molecule has 2 rings (SSSR count). The van der Waals surface area contributed by atoms with Crippen molar-refractivity contribution in [3.8, 4) is 0 Å². The zero-order valence-corrected chi connectivity index (χ0v) is 23.0. The minimum Gasteiger partial charge on any atom is -0.459 e. The van der Waals surface area contributed by atoms with Gasteiger partial charge in [-0.25, -0.2) is 4.79 Å². The third-order valence-corrected chi connectivity index (χ3v) is 4.65. The molecule has 0 saturated heterocycles. The van der Waals surface area contributed by atoms with Crippen molar-refractivity contribution in [2.75, 3.05) is 0 Å². The van der Waals surface area contributed by atoms with Gasteiger partial charge in [0, 0.05) is 5.56 Å². The zero-order chi connectivity index (χ0) is 28.2. The Morgan fingerprint density at radius 3 is 1.76 bits per heavy atom. The lowest BCUT2D eigenvalue weighted by Crippen LogP contribution is -2.53. The number of ether oxygens (including phenoxy) is 3. The van der Waals surface area contributed by atoms with E-state index in [-0.39, 0.29) is 5.56 Å². The highest BCUT2D eigenvalue weighted by Crippen LogP contribution is 2.26. The highest BCUT2D eigenvalue weighted by molar-refractivity contribution is 6.17. The Kier molecular flexibility index (Phi) is 9.09. The quantitative estimate of drug-likeness (QED) is 0.176. The molecule has 9 heteroatoms. The Bertz CT molecular complexity index is 1150. The molecule has 2 aromatic rings. The molecule has 2 aromatic carbocycles. The molecule has 0 amide bonds. The van der Waals surface area contributed by atoms with Crippen LogP contribution in [0.3, 0.4) is 0 Å². The standard InChI is InChI=1S/C28H37NO8/c1-26(2,3)34-23(31)20(22(30)19-16-12-14-17-13-10-11-15-18(17)19)21(24(32)35-27(4,5)6)29-37-25(33)36-28(7,8)9/h10-16,20-21,29H,1-9H3/t20-,21-/m0/s1. The molecule has 0 radical (unpaired) electrons. The van der Waals surface area contributed by atoms with E-state index >= 15 is 0 Å². The number of esters is 2. The molecule has 37 heavy (non-hydrogen) atoms. The van der Waals surface area contributed by atoms with Gasteiger partial charge in [-0.15, -0.1) is 5.48 Å². The smallest absolute Gasteiger partial charge is 0.459 e. The average Bonchev–Trinajstić information content (AvgIpc) is 2.71. The Morgan fingerprint density at radius 2 is 1.19 bits per heavy atom. The number of hydrogen-bond acceptors (Lipinski definition) is 9. The summed E-state index contributed by atoms with van der Waals surface area (Å²) in [5.74, 6) is -4.42. The van der Waals surface area contributed by atoms with Crippen LogP contribution in [0, 0.1) is 5.92 Å². The van der Waals surface area contributed by atoms with E-state index in [2.05, 4.69) is 5.48 Å². The highest BCUT2D eigenvalue weighted by Gasteiger charge is 2.45. The number of carbonyl (C=O) groups excluding carboxylic acids is 4. The molecule has 0 aliphatic heterocycles. The molecular weight excluding hydrogens is 478 g/mol. The van der Waals surface area contributed by atoms with Crippen LogP contribution in [0.5, 0.6) is 0 Å². The first-order valence-corrected chi connectivity index (χ1v) is 12.0. The Labute approximate surface area is 217 Å². The number of rotatable bonds is 7. The second kappa shape index (κ2) is 11.3. The topological polar surface area (TPSA) is 117 Å². The van der Waals surface area contributed by atoms with Crippen LogP contribution in [0.15, 0.2) is 42.5 Å². The molecule has 1 N–H and O–H groups in total. The SMILES string of the molecule is CC(C)(C)OC(=O)ON[C@H](C(=O)OC(C)(C)C)[C@H](C(=O)OC(C)(C)C)C(=O)c1cccc2ccccc12. The number of hydrogen-bond donors (Lipinski definition) is 1. The van der Waals surface area contributed by atoms with Gasteiger partial charge in [0.15, 0.2) is 11.8 Å². The van der Waals surface area contributed by atoms with E-state index in [4.69, 9.17) is 19.0 Å². The fraction of sp³-hybridized carbons (Fsp3) is 0.500. The van der Waals surface area contributed by atoms with Crippen LogP contribution in [-0.4, -0.2) is 46.7 Å². The second-order valence-corrected chi connectivity index (χ2v) is 11.6. The molecule has 0 aromatic heterocycles. The summed E-state index contributed by atoms with van der Waals surface area (Å²) < 4.78 is 16.1. The van der Waals surface area contributed by atoms with Crippen molar-refractivity contribution in [3.05, 3.63) is 48.0 Å². The third kappa shape index (κ3) is 9.17. The summed E-state index contributed by atoms with van der Waals surface area (Å²) in [4.78, 5) is 57.9. The van der Waals surface area contributed by atoms with Crippen LogP contribution in [0.25, 0.3) is 10.8 Å². The Balaban J connectivity index is 2.59. The molecule has 2 atom stereocenters. The maximum absolute atomic E-state index is 14.0. The molecule has 0 saturated carbocycles. The first-order valence-electron chi connectivity index (χ1n) is 12.0. The lowest BCUT2D eigenvalue weighted by atomic mass is 9.88. The van der Waals surface area contributed by atoms with Crippen LogP contribution in [-0.2, 0) is 28.6 Å². The molecule has 0 spiro atoms. The van der Waals surface area contributed by atoms with Crippen molar-refractivity contribution < 1.29 is 38.2 Å². The number of ketones is 1. The number of fused-ring (bicyclic) bond motifs is 1. The van der Waals surface area contributed by atoms with Gasteiger partial charge >= 0.3 is 18.1 Å². The zero-order valence-electron chi connectivity index (χ0n) is 23.0. The summed E-state index contributed by atoms with van der Waals surface area (Å²) in [6, 6.07) is 10.5. The van der Waals surface area contributed by atoms with Crippen molar-refractivity contribution in [2.24, 2.45) is 5.92 Å². The van der Waals surface area contributed by atoms with Crippen LogP contribution < -0.4 is 5.48 Å². The lowest BCUT2D eigenvalue weighted by Gasteiger charge is -2.30. The van der Waals surface area contributed by atoms with Crippen LogP contribution >= 0.6 is 0 Å². The molecule has 0 fully saturated rings. The number of Topliss-reactive ketones (excluding diaryl/α,β-unsaturated/α-hetero) is 1. The Morgan fingerprint density at radius 1 is 0.676 bits per heavy atom. The molecule has 0 aliphatic carbocycles.